The van der Waals surface area contributed by atoms with Crippen LogP contribution in [0.4, 0.5) is 4.39 Å². The lowest BCUT2D eigenvalue weighted by Gasteiger charge is -2.31. The summed E-state index contributed by atoms with van der Waals surface area (Å²) in [6.45, 7) is 3.09. The smallest absolute Gasteiger partial charge is 0.254 e. The largest absolute Gasteiger partial charge is 0.337 e. The second kappa shape index (κ2) is 4.84. The van der Waals surface area contributed by atoms with Crippen molar-refractivity contribution >= 4 is 5.91 Å². The predicted octanol–water partition coefficient (Wildman–Crippen LogP) is 1.70. The summed E-state index contributed by atoms with van der Waals surface area (Å²) in [7, 11) is 0. The summed E-state index contributed by atoms with van der Waals surface area (Å²) in [5, 5.41) is 0. The molecule has 1 aliphatic heterocycles. The molecule has 1 aromatic carbocycles. The van der Waals surface area contributed by atoms with Gasteiger partial charge < -0.3 is 10.6 Å². The van der Waals surface area contributed by atoms with Crippen molar-refractivity contribution in [2.24, 2.45) is 5.73 Å². The summed E-state index contributed by atoms with van der Waals surface area (Å²) in [4.78, 5) is 13.9. The van der Waals surface area contributed by atoms with E-state index >= 15 is 0 Å². The molecule has 17 heavy (non-hydrogen) atoms. The van der Waals surface area contributed by atoms with Gasteiger partial charge in [0.15, 0.2) is 0 Å². The number of hydrogen-bond acceptors (Lipinski definition) is 2. The summed E-state index contributed by atoms with van der Waals surface area (Å²) in [5.41, 5.74) is 7.09. The maximum Gasteiger partial charge on any atom is 0.254 e. The van der Waals surface area contributed by atoms with Crippen molar-refractivity contribution in [3.63, 3.8) is 0 Å². The number of halogens is 1. The van der Waals surface area contributed by atoms with E-state index in [4.69, 9.17) is 5.73 Å². The zero-order valence-corrected chi connectivity index (χ0v) is 9.95. The number of nitrogens with zero attached hydrogens (tertiary/aromatic N) is 1. The summed E-state index contributed by atoms with van der Waals surface area (Å²) in [6.07, 6.45) is 1.87. The first-order valence-electron chi connectivity index (χ1n) is 5.89. The van der Waals surface area contributed by atoms with Crippen LogP contribution in [-0.2, 0) is 0 Å². The van der Waals surface area contributed by atoms with Gasteiger partial charge in [-0.2, -0.15) is 0 Å². The number of aryl methyl sites for hydroxylation is 1. The second-order valence-corrected chi connectivity index (χ2v) is 4.61. The highest BCUT2D eigenvalue weighted by molar-refractivity contribution is 5.95. The van der Waals surface area contributed by atoms with Gasteiger partial charge in [-0.05, 0) is 37.5 Å². The highest BCUT2D eigenvalue weighted by Gasteiger charge is 2.23. The molecule has 1 aliphatic rings. The van der Waals surface area contributed by atoms with Gasteiger partial charge in [0.25, 0.3) is 5.91 Å². The first-order chi connectivity index (χ1) is 8.08. The summed E-state index contributed by atoms with van der Waals surface area (Å²) < 4.78 is 13.2. The molecule has 0 aliphatic carbocycles. The van der Waals surface area contributed by atoms with Crippen LogP contribution in [0.25, 0.3) is 0 Å². The molecule has 1 saturated heterocycles. The van der Waals surface area contributed by atoms with Crippen molar-refractivity contribution in [3.05, 3.63) is 35.1 Å². The molecule has 0 spiro atoms. The van der Waals surface area contributed by atoms with Gasteiger partial charge in [0.05, 0.1) is 0 Å². The minimum atomic E-state index is -0.375. The van der Waals surface area contributed by atoms with E-state index in [0.717, 1.165) is 18.4 Å². The van der Waals surface area contributed by atoms with Crippen LogP contribution in [0.3, 0.4) is 0 Å². The Kier molecular flexibility index (Phi) is 3.43. The van der Waals surface area contributed by atoms with E-state index in [1.807, 2.05) is 6.92 Å². The van der Waals surface area contributed by atoms with E-state index < -0.39 is 0 Å². The maximum absolute atomic E-state index is 13.2. The molecular weight excluding hydrogens is 219 g/mol. The van der Waals surface area contributed by atoms with Crippen LogP contribution in [0, 0.1) is 12.7 Å². The first-order valence-corrected chi connectivity index (χ1v) is 5.89. The Morgan fingerprint density at radius 2 is 2.29 bits per heavy atom. The van der Waals surface area contributed by atoms with Crippen LogP contribution >= 0.6 is 0 Å². The lowest BCUT2D eigenvalue weighted by molar-refractivity contribution is 0.0707. The summed E-state index contributed by atoms with van der Waals surface area (Å²) in [5.74, 6) is -0.489. The zero-order valence-electron chi connectivity index (χ0n) is 9.95. The van der Waals surface area contributed by atoms with Crippen LogP contribution in [0.15, 0.2) is 18.2 Å². The molecule has 1 heterocycles. The van der Waals surface area contributed by atoms with Gasteiger partial charge in [-0.25, -0.2) is 4.39 Å². The van der Waals surface area contributed by atoms with E-state index in [2.05, 4.69) is 0 Å². The minimum absolute atomic E-state index is 0.0431. The van der Waals surface area contributed by atoms with Gasteiger partial charge in [0, 0.05) is 24.7 Å². The third kappa shape index (κ3) is 2.64. The number of carbonyl (C=O) groups excluding carboxylic acids is 1. The van der Waals surface area contributed by atoms with Gasteiger partial charge in [-0.1, -0.05) is 6.07 Å². The van der Waals surface area contributed by atoms with Crippen LogP contribution in [0.2, 0.25) is 0 Å². The van der Waals surface area contributed by atoms with Crippen molar-refractivity contribution in [1.82, 2.24) is 4.90 Å². The SMILES string of the molecule is Cc1ccc(F)cc1C(=O)N1CCCC(N)C1. The van der Waals surface area contributed by atoms with E-state index in [1.54, 1.807) is 11.0 Å². The molecule has 3 nitrogen and oxygen atoms in total. The van der Waals surface area contributed by atoms with Crippen LogP contribution < -0.4 is 5.73 Å². The van der Waals surface area contributed by atoms with Crippen molar-refractivity contribution in [2.75, 3.05) is 13.1 Å². The third-order valence-electron chi connectivity index (χ3n) is 3.18. The van der Waals surface area contributed by atoms with Crippen molar-refractivity contribution in [2.45, 2.75) is 25.8 Å². The van der Waals surface area contributed by atoms with Crippen molar-refractivity contribution in [3.8, 4) is 0 Å². The van der Waals surface area contributed by atoms with Gasteiger partial charge >= 0.3 is 0 Å². The van der Waals surface area contributed by atoms with Crippen molar-refractivity contribution < 1.29 is 9.18 Å². The number of hydrogen-bond donors (Lipinski definition) is 1. The average molecular weight is 236 g/mol. The Hall–Kier alpha value is -1.42. The lowest BCUT2D eigenvalue weighted by atomic mass is 10.0. The number of likely N-dealkylation sites (tertiary alicyclic amines) is 1. The van der Waals surface area contributed by atoms with E-state index in [-0.39, 0.29) is 17.8 Å². The molecule has 1 unspecified atom stereocenters. The molecule has 1 amide bonds. The zero-order chi connectivity index (χ0) is 12.4. The van der Waals surface area contributed by atoms with Crippen LogP contribution in [0.1, 0.15) is 28.8 Å². The number of carbonyl (C=O) groups is 1. The fraction of sp³-hybridized carbons (Fsp3) is 0.462. The molecule has 4 heteroatoms. The van der Waals surface area contributed by atoms with Gasteiger partial charge in [-0.3, -0.25) is 4.79 Å². The third-order valence-corrected chi connectivity index (χ3v) is 3.18. The molecular formula is C13H17FN2O. The van der Waals surface area contributed by atoms with Gasteiger partial charge in [0.1, 0.15) is 5.82 Å². The molecule has 92 valence electrons. The Labute approximate surface area is 100 Å². The standard InChI is InChI=1S/C13H17FN2O/c1-9-4-5-10(14)7-12(9)13(17)16-6-2-3-11(15)8-16/h4-5,7,11H,2-3,6,8,15H2,1H3. The Morgan fingerprint density at radius 1 is 1.53 bits per heavy atom. The highest BCUT2D eigenvalue weighted by atomic mass is 19.1. The first kappa shape index (κ1) is 12.0. The van der Waals surface area contributed by atoms with Crippen LogP contribution in [-0.4, -0.2) is 29.9 Å². The van der Waals surface area contributed by atoms with Crippen molar-refractivity contribution in [1.29, 1.82) is 0 Å². The second-order valence-electron chi connectivity index (χ2n) is 4.61. The maximum atomic E-state index is 13.2. The fourth-order valence-corrected chi connectivity index (χ4v) is 2.19. The summed E-state index contributed by atoms with van der Waals surface area (Å²) in [6, 6.07) is 4.35. The highest BCUT2D eigenvalue weighted by Crippen LogP contribution is 2.16. The topological polar surface area (TPSA) is 46.3 Å². The Bertz CT molecular complexity index is 433. The molecule has 1 aromatic rings. The molecule has 0 radical (unpaired) electrons. The number of rotatable bonds is 1. The molecule has 1 fully saturated rings. The van der Waals surface area contributed by atoms with Gasteiger partial charge in [0.2, 0.25) is 0 Å². The van der Waals surface area contributed by atoms with E-state index in [1.165, 1.54) is 12.1 Å². The number of nitrogens with two attached hydrogens (primary N) is 1. The summed E-state index contributed by atoms with van der Waals surface area (Å²) >= 11 is 0. The lowest BCUT2D eigenvalue weighted by Crippen LogP contribution is -2.45. The van der Waals surface area contributed by atoms with E-state index in [0.29, 0.717) is 18.7 Å². The number of benzene rings is 1. The Balaban J connectivity index is 2.21. The molecule has 0 aromatic heterocycles. The fourth-order valence-electron chi connectivity index (χ4n) is 2.19. The monoisotopic (exact) mass is 236 g/mol. The molecule has 0 bridgehead atoms. The van der Waals surface area contributed by atoms with E-state index in [9.17, 15) is 9.18 Å². The molecule has 0 saturated carbocycles. The normalized spacial score (nSPS) is 20.4. The number of piperidine rings is 1. The quantitative estimate of drug-likeness (QED) is 0.806. The van der Waals surface area contributed by atoms with Crippen LogP contribution in [0.5, 0.6) is 0 Å². The minimum Gasteiger partial charge on any atom is -0.337 e. The average Bonchev–Trinajstić information content (AvgIpc) is 2.31. The number of amides is 1. The Morgan fingerprint density at radius 3 is 3.00 bits per heavy atom. The molecule has 2 rings (SSSR count). The predicted molar refractivity (Wildman–Crippen MR) is 64.2 cm³/mol. The van der Waals surface area contributed by atoms with Gasteiger partial charge in [-0.15, -0.1) is 0 Å². The molecule has 2 N–H and O–H groups in total. The molecule has 1 atom stereocenters.